The van der Waals surface area contributed by atoms with Gasteiger partial charge in [0.1, 0.15) is 6.61 Å². The first-order chi connectivity index (χ1) is 11.6. The molecule has 5 heteroatoms. The maximum absolute atomic E-state index is 10.4. The highest BCUT2D eigenvalue weighted by Gasteiger charge is 2.21. The van der Waals surface area contributed by atoms with Crippen molar-refractivity contribution in [3.63, 3.8) is 0 Å². The van der Waals surface area contributed by atoms with Crippen LogP contribution in [0.25, 0.3) is 11.1 Å². The smallest absolute Gasteiger partial charge is 0.165 e. The van der Waals surface area contributed by atoms with Gasteiger partial charge in [0.05, 0.1) is 12.7 Å². The SMILES string of the molecule is Cc1ccccc1-c1cc(O)c2c(c1)CN(CC(O)CO)CCO2. The summed E-state index contributed by atoms with van der Waals surface area (Å²) in [4.78, 5) is 2.02. The van der Waals surface area contributed by atoms with Gasteiger partial charge >= 0.3 is 0 Å². The van der Waals surface area contributed by atoms with Crippen LogP contribution in [0.2, 0.25) is 0 Å². The summed E-state index contributed by atoms with van der Waals surface area (Å²) in [7, 11) is 0. The van der Waals surface area contributed by atoms with Crippen LogP contribution in [0.15, 0.2) is 36.4 Å². The number of phenols is 1. The predicted octanol–water partition coefficient (Wildman–Crippen LogP) is 1.92. The van der Waals surface area contributed by atoms with Crippen molar-refractivity contribution in [2.24, 2.45) is 0 Å². The van der Waals surface area contributed by atoms with Crippen molar-refractivity contribution >= 4 is 0 Å². The van der Waals surface area contributed by atoms with Crippen LogP contribution in [0.5, 0.6) is 11.5 Å². The molecule has 0 spiro atoms. The average molecular weight is 329 g/mol. The molecule has 0 aliphatic carbocycles. The lowest BCUT2D eigenvalue weighted by molar-refractivity contribution is 0.0551. The molecule has 1 aliphatic heterocycles. The Hall–Kier alpha value is -2.08. The Morgan fingerprint density at radius 2 is 2.04 bits per heavy atom. The number of aliphatic hydroxyl groups excluding tert-OH is 2. The van der Waals surface area contributed by atoms with Gasteiger partial charge in [-0.25, -0.2) is 0 Å². The van der Waals surface area contributed by atoms with Crippen molar-refractivity contribution in [3.05, 3.63) is 47.5 Å². The minimum atomic E-state index is -0.778. The summed E-state index contributed by atoms with van der Waals surface area (Å²) < 4.78 is 5.71. The van der Waals surface area contributed by atoms with Crippen LogP contribution < -0.4 is 4.74 Å². The molecule has 1 unspecified atom stereocenters. The van der Waals surface area contributed by atoms with Crippen LogP contribution in [0.4, 0.5) is 0 Å². The molecule has 128 valence electrons. The zero-order valence-corrected chi connectivity index (χ0v) is 13.8. The van der Waals surface area contributed by atoms with Gasteiger partial charge in [-0.1, -0.05) is 24.3 Å². The second-order valence-corrected chi connectivity index (χ2v) is 6.22. The number of phenolic OH excluding ortho intramolecular Hbond substituents is 1. The molecular formula is C19H23NO4. The third-order valence-electron chi connectivity index (χ3n) is 4.33. The van der Waals surface area contributed by atoms with E-state index in [1.807, 2.05) is 42.2 Å². The lowest BCUT2D eigenvalue weighted by atomic mass is 9.98. The van der Waals surface area contributed by atoms with Crippen LogP contribution in [-0.4, -0.2) is 52.6 Å². The summed E-state index contributed by atoms with van der Waals surface area (Å²) in [6.45, 7) is 3.76. The van der Waals surface area contributed by atoms with Gasteiger partial charge in [0.2, 0.25) is 0 Å². The van der Waals surface area contributed by atoms with Crippen molar-refractivity contribution < 1.29 is 20.1 Å². The second-order valence-electron chi connectivity index (χ2n) is 6.22. The molecule has 0 amide bonds. The minimum Gasteiger partial charge on any atom is -0.504 e. The molecule has 24 heavy (non-hydrogen) atoms. The number of rotatable bonds is 4. The van der Waals surface area contributed by atoms with E-state index in [-0.39, 0.29) is 12.4 Å². The number of hydrogen-bond acceptors (Lipinski definition) is 5. The largest absolute Gasteiger partial charge is 0.504 e. The summed E-state index contributed by atoms with van der Waals surface area (Å²) in [6, 6.07) is 11.8. The Morgan fingerprint density at radius 1 is 1.25 bits per heavy atom. The fourth-order valence-electron chi connectivity index (χ4n) is 3.12. The molecule has 0 saturated carbocycles. The fraction of sp³-hybridized carbons (Fsp3) is 0.368. The van der Waals surface area contributed by atoms with E-state index in [4.69, 9.17) is 9.84 Å². The van der Waals surface area contributed by atoms with Crippen molar-refractivity contribution in [1.29, 1.82) is 0 Å². The summed E-state index contributed by atoms with van der Waals surface area (Å²) in [6.07, 6.45) is -0.778. The van der Waals surface area contributed by atoms with E-state index >= 15 is 0 Å². The maximum atomic E-state index is 10.4. The number of nitrogens with zero attached hydrogens (tertiary/aromatic N) is 1. The standard InChI is InChI=1S/C19H23NO4/c1-13-4-2-3-5-17(13)14-8-15-10-20(11-16(22)12-21)6-7-24-19(15)18(23)9-14/h2-5,8-9,16,21-23H,6-7,10-12H2,1H3. The van der Waals surface area contributed by atoms with Gasteiger partial charge in [0, 0.05) is 25.2 Å². The highest BCUT2D eigenvalue weighted by molar-refractivity contribution is 5.71. The number of benzene rings is 2. The molecule has 5 nitrogen and oxygen atoms in total. The molecule has 3 rings (SSSR count). The minimum absolute atomic E-state index is 0.135. The van der Waals surface area contributed by atoms with Gasteiger partial charge in [-0.05, 0) is 35.7 Å². The Bertz CT molecular complexity index is 717. The van der Waals surface area contributed by atoms with Gasteiger partial charge in [-0.3, -0.25) is 4.90 Å². The molecule has 1 heterocycles. The second kappa shape index (κ2) is 7.21. The predicted molar refractivity (Wildman–Crippen MR) is 92.1 cm³/mol. The highest BCUT2D eigenvalue weighted by Crippen LogP contribution is 2.38. The maximum Gasteiger partial charge on any atom is 0.165 e. The molecule has 0 radical (unpaired) electrons. The van der Waals surface area contributed by atoms with E-state index in [1.54, 1.807) is 6.07 Å². The number of fused-ring (bicyclic) bond motifs is 1. The molecule has 2 aromatic carbocycles. The molecule has 1 atom stereocenters. The van der Waals surface area contributed by atoms with Gasteiger partial charge < -0.3 is 20.1 Å². The van der Waals surface area contributed by atoms with E-state index < -0.39 is 6.10 Å². The molecule has 1 aliphatic rings. The first kappa shape index (κ1) is 16.8. The number of β-amino-alcohol motifs (C(OH)–C–C–N with tert-alkyl or cyclic N) is 1. The number of aromatic hydroxyl groups is 1. The van der Waals surface area contributed by atoms with Crippen LogP contribution in [0.3, 0.4) is 0 Å². The Kier molecular flexibility index (Phi) is 5.04. The third-order valence-corrected chi connectivity index (χ3v) is 4.33. The summed E-state index contributed by atoms with van der Waals surface area (Å²) in [5, 5.41) is 29.1. The van der Waals surface area contributed by atoms with Crippen LogP contribution in [0, 0.1) is 6.92 Å². The third kappa shape index (κ3) is 3.53. The van der Waals surface area contributed by atoms with Crippen LogP contribution in [0.1, 0.15) is 11.1 Å². The lowest BCUT2D eigenvalue weighted by Crippen LogP contribution is -2.35. The fourth-order valence-corrected chi connectivity index (χ4v) is 3.12. The number of aliphatic hydroxyl groups is 2. The molecular weight excluding hydrogens is 306 g/mol. The van der Waals surface area contributed by atoms with Crippen molar-refractivity contribution in [2.75, 3.05) is 26.3 Å². The van der Waals surface area contributed by atoms with Crippen LogP contribution in [-0.2, 0) is 6.54 Å². The normalized spacial score (nSPS) is 16.1. The van der Waals surface area contributed by atoms with Crippen molar-refractivity contribution in [1.82, 2.24) is 4.90 Å². The zero-order valence-electron chi connectivity index (χ0n) is 13.8. The van der Waals surface area contributed by atoms with Gasteiger partial charge in [0.15, 0.2) is 11.5 Å². The highest BCUT2D eigenvalue weighted by atomic mass is 16.5. The summed E-state index contributed by atoms with van der Waals surface area (Å²) in [5.41, 5.74) is 4.04. The van der Waals surface area contributed by atoms with Gasteiger partial charge in [0.25, 0.3) is 0 Å². The Balaban J connectivity index is 1.95. The first-order valence-corrected chi connectivity index (χ1v) is 8.14. The average Bonchev–Trinajstić information content (AvgIpc) is 2.77. The van der Waals surface area contributed by atoms with E-state index in [2.05, 4.69) is 0 Å². The van der Waals surface area contributed by atoms with Crippen LogP contribution >= 0.6 is 0 Å². The summed E-state index contributed by atoms with van der Waals surface area (Å²) in [5.74, 6) is 0.642. The van der Waals surface area contributed by atoms with E-state index in [9.17, 15) is 10.2 Å². The number of hydrogen-bond donors (Lipinski definition) is 3. The van der Waals surface area contributed by atoms with Gasteiger partial charge in [-0.2, -0.15) is 0 Å². The van der Waals surface area contributed by atoms with Crippen molar-refractivity contribution in [2.45, 2.75) is 19.6 Å². The first-order valence-electron chi connectivity index (χ1n) is 8.14. The Labute approximate surface area is 141 Å². The Morgan fingerprint density at radius 3 is 2.79 bits per heavy atom. The molecule has 0 bridgehead atoms. The van der Waals surface area contributed by atoms with E-state index in [1.165, 1.54) is 0 Å². The molecule has 2 aromatic rings. The number of ether oxygens (including phenoxy) is 1. The quantitative estimate of drug-likeness (QED) is 0.799. The zero-order chi connectivity index (χ0) is 17.1. The van der Waals surface area contributed by atoms with Gasteiger partial charge in [-0.15, -0.1) is 0 Å². The topological polar surface area (TPSA) is 73.2 Å². The van der Waals surface area contributed by atoms with E-state index in [0.29, 0.717) is 32.0 Å². The lowest BCUT2D eigenvalue weighted by Gasteiger charge is -2.21. The number of aryl methyl sites for hydroxylation is 1. The van der Waals surface area contributed by atoms with E-state index in [0.717, 1.165) is 22.3 Å². The molecule has 0 fully saturated rings. The van der Waals surface area contributed by atoms with Crippen molar-refractivity contribution in [3.8, 4) is 22.6 Å². The monoisotopic (exact) mass is 329 g/mol. The molecule has 0 saturated heterocycles. The summed E-state index contributed by atoms with van der Waals surface area (Å²) >= 11 is 0. The molecule has 3 N–H and O–H groups in total. The molecule has 0 aromatic heterocycles.